The van der Waals surface area contributed by atoms with E-state index in [2.05, 4.69) is 15.3 Å². The van der Waals surface area contributed by atoms with Crippen molar-refractivity contribution in [2.24, 2.45) is 0 Å². The van der Waals surface area contributed by atoms with E-state index < -0.39 is 5.97 Å². The summed E-state index contributed by atoms with van der Waals surface area (Å²) in [5.41, 5.74) is -0.0840. The SMILES string of the molecule is CN[C@@H]1CCN(c2nccnc2C(=O)[O-])C1.[Li+]. The van der Waals surface area contributed by atoms with Crippen LogP contribution in [0.5, 0.6) is 0 Å². The molecule has 1 aromatic rings. The average Bonchev–Trinajstić information content (AvgIpc) is 2.77. The summed E-state index contributed by atoms with van der Waals surface area (Å²) in [5.74, 6) is -0.878. The maximum Gasteiger partial charge on any atom is 1.00 e. The second-order valence-electron chi connectivity index (χ2n) is 3.74. The first kappa shape index (κ1) is 14.0. The zero-order chi connectivity index (χ0) is 11.5. The standard InChI is InChI=1S/C10H14N4O2.Li/c1-11-7-2-5-14(6-7)9-8(10(15)16)12-3-4-13-9;/h3-4,7,11H,2,5-6H2,1H3,(H,15,16);/q;+1/p-1/t7-;/m1./s1. The van der Waals surface area contributed by atoms with Crippen molar-refractivity contribution in [1.82, 2.24) is 15.3 Å². The Kier molecular flexibility index (Phi) is 4.94. The fraction of sp³-hybridized carbons (Fsp3) is 0.500. The van der Waals surface area contributed by atoms with Gasteiger partial charge in [-0.3, -0.25) is 0 Å². The molecular formula is C10H13LiN4O2. The second-order valence-corrected chi connectivity index (χ2v) is 3.74. The van der Waals surface area contributed by atoms with Crippen LogP contribution >= 0.6 is 0 Å². The van der Waals surface area contributed by atoms with Crippen LogP contribution in [0.15, 0.2) is 12.4 Å². The summed E-state index contributed by atoms with van der Waals surface area (Å²) < 4.78 is 0. The quantitative estimate of drug-likeness (QED) is 0.526. The number of aromatic carboxylic acids is 1. The van der Waals surface area contributed by atoms with Crippen LogP contribution in [-0.2, 0) is 0 Å². The number of nitrogens with zero attached hydrogens (tertiary/aromatic N) is 3. The minimum absolute atomic E-state index is 0. The van der Waals surface area contributed by atoms with Crippen molar-refractivity contribution in [2.45, 2.75) is 12.5 Å². The summed E-state index contributed by atoms with van der Waals surface area (Å²) in [7, 11) is 1.89. The van der Waals surface area contributed by atoms with Gasteiger partial charge >= 0.3 is 18.9 Å². The van der Waals surface area contributed by atoms with E-state index in [4.69, 9.17) is 0 Å². The van der Waals surface area contributed by atoms with E-state index in [1.165, 1.54) is 12.4 Å². The summed E-state index contributed by atoms with van der Waals surface area (Å²) in [6, 6.07) is 0.372. The number of carboxylic acid groups (broad SMARTS) is 1. The minimum Gasteiger partial charge on any atom is -0.543 e. The zero-order valence-electron chi connectivity index (χ0n) is 10.0. The molecule has 86 valence electrons. The van der Waals surface area contributed by atoms with E-state index in [1.807, 2.05) is 11.9 Å². The third-order valence-corrected chi connectivity index (χ3v) is 2.77. The molecule has 0 bridgehead atoms. The third-order valence-electron chi connectivity index (χ3n) is 2.77. The molecule has 0 unspecified atom stereocenters. The number of carbonyl (C=O) groups excluding carboxylic acids is 1. The molecule has 0 spiro atoms. The molecule has 17 heavy (non-hydrogen) atoms. The van der Waals surface area contributed by atoms with Gasteiger partial charge in [-0.1, -0.05) is 0 Å². The molecule has 0 saturated carbocycles. The summed E-state index contributed by atoms with van der Waals surface area (Å²) in [6.45, 7) is 1.53. The van der Waals surface area contributed by atoms with Crippen molar-refractivity contribution in [3.8, 4) is 0 Å². The Morgan fingerprint density at radius 1 is 1.53 bits per heavy atom. The Balaban J connectivity index is 0.00000144. The van der Waals surface area contributed by atoms with Gasteiger partial charge in [0, 0.05) is 31.5 Å². The summed E-state index contributed by atoms with van der Waals surface area (Å²) >= 11 is 0. The maximum absolute atomic E-state index is 10.9. The molecule has 1 saturated heterocycles. The van der Waals surface area contributed by atoms with E-state index >= 15 is 0 Å². The first-order valence-electron chi connectivity index (χ1n) is 5.17. The number of likely N-dealkylation sites (N-methyl/N-ethyl adjacent to an activating group) is 1. The monoisotopic (exact) mass is 228 g/mol. The Hall–Kier alpha value is -1.09. The average molecular weight is 228 g/mol. The molecule has 2 rings (SSSR count). The van der Waals surface area contributed by atoms with Crippen LogP contribution in [0.2, 0.25) is 0 Å². The number of hydrogen-bond acceptors (Lipinski definition) is 6. The molecule has 2 heterocycles. The van der Waals surface area contributed by atoms with Gasteiger partial charge in [0.25, 0.3) is 0 Å². The van der Waals surface area contributed by atoms with Gasteiger partial charge in [0.05, 0.1) is 5.97 Å². The van der Waals surface area contributed by atoms with Crippen molar-refractivity contribution < 1.29 is 28.8 Å². The second kappa shape index (κ2) is 6.01. The molecule has 0 radical (unpaired) electrons. The number of nitrogens with one attached hydrogen (secondary N) is 1. The predicted molar refractivity (Wildman–Crippen MR) is 56.0 cm³/mol. The Labute approximate surface area is 112 Å². The van der Waals surface area contributed by atoms with Gasteiger partial charge in [-0.2, -0.15) is 0 Å². The molecule has 0 aromatic carbocycles. The van der Waals surface area contributed by atoms with Gasteiger partial charge in [0.15, 0.2) is 5.82 Å². The van der Waals surface area contributed by atoms with Crippen molar-refractivity contribution >= 4 is 11.8 Å². The fourth-order valence-corrected chi connectivity index (χ4v) is 1.89. The Morgan fingerprint density at radius 3 is 2.82 bits per heavy atom. The van der Waals surface area contributed by atoms with Gasteiger partial charge in [0.2, 0.25) is 0 Å². The number of carboxylic acids is 1. The van der Waals surface area contributed by atoms with Crippen LogP contribution in [0.25, 0.3) is 0 Å². The van der Waals surface area contributed by atoms with Crippen LogP contribution in [-0.4, -0.2) is 42.1 Å². The minimum atomic E-state index is -1.28. The summed E-state index contributed by atoms with van der Waals surface area (Å²) in [6.07, 6.45) is 3.83. The summed E-state index contributed by atoms with van der Waals surface area (Å²) in [4.78, 5) is 20.6. The van der Waals surface area contributed by atoms with Crippen LogP contribution in [0.3, 0.4) is 0 Å². The van der Waals surface area contributed by atoms with Gasteiger partial charge in [0.1, 0.15) is 5.69 Å². The normalized spacial score (nSPS) is 18.9. The molecule has 0 aliphatic carbocycles. The van der Waals surface area contributed by atoms with Crippen LogP contribution in [0.4, 0.5) is 5.82 Å². The van der Waals surface area contributed by atoms with Gasteiger partial charge in [-0.05, 0) is 13.5 Å². The van der Waals surface area contributed by atoms with E-state index in [-0.39, 0.29) is 24.6 Å². The van der Waals surface area contributed by atoms with Crippen LogP contribution in [0.1, 0.15) is 16.9 Å². The van der Waals surface area contributed by atoms with E-state index in [0.717, 1.165) is 19.5 Å². The van der Waals surface area contributed by atoms with E-state index in [1.54, 1.807) is 0 Å². The van der Waals surface area contributed by atoms with Gasteiger partial charge in [-0.15, -0.1) is 0 Å². The number of rotatable bonds is 3. The van der Waals surface area contributed by atoms with Crippen LogP contribution in [0, 0.1) is 0 Å². The van der Waals surface area contributed by atoms with Crippen LogP contribution < -0.4 is 34.2 Å². The van der Waals surface area contributed by atoms with Crippen molar-refractivity contribution in [2.75, 3.05) is 25.0 Å². The largest absolute Gasteiger partial charge is 1.00 e. The first-order chi connectivity index (χ1) is 7.72. The zero-order valence-corrected chi connectivity index (χ0v) is 10.0. The Morgan fingerprint density at radius 2 is 2.24 bits per heavy atom. The third kappa shape index (κ3) is 2.97. The maximum atomic E-state index is 10.9. The number of anilines is 1. The molecule has 6 nitrogen and oxygen atoms in total. The van der Waals surface area contributed by atoms with E-state index in [9.17, 15) is 9.90 Å². The number of hydrogen-bond donors (Lipinski definition) is 1. The van der Waals surface area contributed by atoms with E-state index in [0.29, 0.717) is 11.9 Å². The molecule has 1 aliphatic rings. The van der Waals surface area contributed by atoms with Crippen molar-refractivity contribution in [1.29, 1.82) is 0 Å². The van der Waals surface area contributed by atoms with Crippen molar-refractivity contribution in [3.63, 3.8) is 0 Å². The smallest absolute Gasteiger partial charge is 0.543 e. The Bertz CT molecular complexity index is 402. The molecule has 0 amide bonds. The predicted octanol–water partition coefficient (Wildman–Crippen LogP) is -4.36. The molecule has 1 N–H and O–H groups in total. The molecular weight excluding hydrogens is 215 g/mol. The van der Waals surface area contributed by atoms with Crippen molar-refractivity contribution in [3.05, 3.63) is 18.1 Å². The molecule has 7 heteroatoms. The van der Waals surface area contributed by atoms with Gasteiger partial charge in [-0.25, -0.2) is 9.97 Å². The number of carbonyl (C=O) groups is 1. The first-order valence-corrected chi connectivity index (χ1v) is 5.17. The topological polar surface area (TPSA) is 81.2 Å². The number of aromatic nitrogens is 2. The summed E-state index contributed by atoms with van der Waals surface area (Å²) in [5, 5.41) is 14.0. The molecule has 1 fully saturated rings. The molecule has 1 atom stereocenters. The van der Waals surface area contributed by atoms with Gasteiger partial charge < -0.3 is 20.1 Å². The molecule has 1 aromatic heterocycles. The molecule has 1 aliphatic heterocycles. The fourth-order valence-electron chi connectivity index (χ4n) is 1.89.